The second-order valence-corrected chi connectivity index (χ2v) is 7.82. The monoisotopic (exact) mass is 478 g/mol. The number of guanidine groups is 1. The molecule has 35 heavy (non-hydrogen) atoms. The quantitative estimate of drug-likeness (QED) is 0.366. The van der Waals surface area contributed by atoms with Crippen molar-refractivity contribution in [3.8, 4) is 22.4 Å². The van der Waals surface area contributed by atoms with Crippen LogP contribution in [0.25, 0.3) is 22.4 Å². The Bertz CT molecular complexity index is 1200. The first-order chi connectivity index (χ1) is 17.0. The molecular formula is C24H27FN8O2. The number of halogens is 1. The Hall–Kier alpha value is -3.96. The number of rotatable bonds is 6. The van der Waals surface area contributed by atoms with Gasteiger partial charge in [0.25, 0.3) is 0 Å². The van der Waals surface area contributed by atoms with E-state index >= 15 is 0 Å². The third-order valence-corrected chi connectivity index (χ3v) is 5.34. The molecule has 1 aliphatic rings. The van der Waals surface area contributed by atoms with Crippen molar-refractivity contribution in [2.75, 3.05) is 32.8 Å². The zero-order chi connectivity index (χ0) is 24.6. The van der Waals surface area contributed by atoms with Gasteiger partial charge in [-0.3, -0.25) is 15.2 Å². The highest BCUT2D eigenvalue weighted by molar-refractivity contribution is 5.97. The van der Waals surface area contributed by atoms with Crippen molar-refractivity contribution in [1.29, 1.82) is 0 Å². The highest BCUT2D eigenvalue weighted by atomic mass is 19.1. The molecule has 1 aromatic carbocycles. The lowest BCUT2D eigenvalue weighted by atomic mass is 10.0. The van der Waals surface area contributed by atoms with Gasteiger partial charge in [0.2, 0.25) is 5.96 Å². The summed E-state index contributed by atoms with van der Waals surface area (Å²) in [6.45, 7) is 6.00. The minimum absolute atomic E-state index is 0.115. The average molecular weight is 479 g/mol. The number of nitrogens with one attached hydrogen (secondary N) is 2. The van der Waals surface area contributed by atoms with E-state index in [1.54, 1.807) is 31.5 Å². The van der Waals surface area contributed by atoms with Crippen LogP contribution in [0.15, 0.2) is 53.9 Å². The van der Waals surface area contributed by atoms with E-state index in [4.69, 9.17) is 10.5 Å². The Morgan fingerprint density at radius 1 is 1.17 bits per heavy atom. The minimum Gasteiger partial charge on any atom is -0.379 e. The highest BCUT2D eigenvalue weighted by Gasteiger charge is 2.15. The Balaban J connectivity index is 1.63. The standard InChI is InChI=1S/C24H27FN8O2/c1-2-27-24(34)32-23(26)31-20-6-5-16(12-18(20)22-19(25)4-3-7-28-22)17-13-29-21(30-14-17)15-33-8-10-35-11-9-33/h3-7,12-14H,2,8-11,15H2,1H3,(H4,26,27,31,32,34). The van der Waals surface area contributed by atoms with Gasteiger partial charge in [-0.1, -0.05) is 6.07 Å². The van der Waals surface area contributed by atoms with Crippen molar-refractivity contribution in [3.05, 3.63) is 60.6 Å². The van der Waals surface area contributed by atoms with Crippen LogP contribution in [0.4, 0.5) is 14.9 Å². The van der Waals surface area contributed by atoms with Crippen molar-refractivity contribution < 1.29 is 13.9 Å². The number of carbonyl (C=O) groups is 1. The molecule has 2 amide bonds. The number of aliphatic imine (C=N–C) groups is 1. The summed E-state index contributed by atoms with van der Waals surface area (Å²) in [5, 5.41) is 5.01. The number of ether oxygens (including phenoxy) is 1. The molecule has 1 fully saturated rings. The average Bonchev–Trinajstić information content (AvgIpc) is 2.86. The molecule has 3 heterocycles. The number of pyridine rings is 1. The zero-order valence-electron chi connectivity index (χ0n) is 19.4. The number of aromatic nitrogens is 3. The van der Waals surface area contributed by atoms with Crippen LogP contribution in [0.3, 0.4) is 0 Å². The number of amides is 2. The van der Waals surface area contributed by atoms with E-state index in [0.29, 0.717) is 37.6 Å². The molecule has 11 heteroatoms. The van der Waals surface area contributed by atoms with Gasteiger partial charge < -0.3 is 15.8 Å². The van der Waals surface area contributed by atoms with Crippen LogP contribution in [0.2, 0.25) is 0 Å². The molecule has 10 nitrogen and oxygen atoms in total. The molecule has 0 atom stereocenters. The lowest BCUT2D eigenvalue weighted by molar-refractivity contribution is 0.0330. The van der Waals surface area contributed by atoms with Gasteiger partial charge >= 0.3 is 6.03 Å². The number of carbonyl (C=O) groups excluding carboxylic acids is 1. The van der Waals surface area contributed by atoms with Crippen LogP contribution in [0, 0.1) is 5.82 Å². The van der Waals surface area contributed by atoms with Gasteiger partial charge in [0.15, 0.2) is 0 Å². The Morgan fingerprint density at radius 3 is 2.66 bits per heavy atom. The number of hydrogen-bond donors (Lipinski definition) is 3. The third-order valence-electron chi connectivity index (χ3n) is 5.34. The number of benzene rings is 1. The summed E-state index contributed by atoms with van der Waals surface area (Å²) >= 11 is 0. The minimum atomic E-state index is -0.506. The van der Waals surface area contributed by atoms with E-state index in [0.717, 1.165) is 30.0 Å². The molecule has 0 bridgehead atoms. The normalized spacial score (nSPS) is 14.5. The maximum absolute atomic E-state index is 14.7. The molecule has 1 aliphatic heterocycles. The van der Waals surface area contributed by atoms with E-state index in [9.17, 15) is 9.18 Å². The van der Waals surface area contributed by atoms with Gasteiger partial charge in [-0.2, -0.15) is 0 Å². The fourth-order valence-corrected chi connectivity index (χ4v) is 3.61. The lowest BCUT2D eigenvalue weighted by Crippen LogP contribution is -2.43. The molecular weight excluding hydrogens is 451 g/mol. The summed E-state index contributed by atoms with van der Waals surface area (Å²) in [6.07, 6.45) is 4.98. The molecule has 2 aromatic heterocycles. The Kier molecular flexibility index (Phi) is 7.91. The first-order valence-electron chi connectivity index (χ1n) is 11.3. The van der Waals surface area contributed by atoms with Crippen molar-refractivity contribution >= 4 is 17.7 Å². The van der Waals surface area contributed by atoms with E-state index < -0.39 is 11.8 Å². The smallest absolute Gasteiger partial charge is 0.321 e. The molecule has 0 radical (unpaired) electrons. The van der Waals surface area contributed by atoms with Crippen molar-refractivity contribution in [2.45, 2.75) is 13.5 Å². The summed E-state index contributed by atoms with van der Waals surface area (Å²) in [7, 11) is 0. The summed E-state index contributed by atoms with van der Waals surface area (Å²) < 4.78 is 20.0. The third kappa shape index (κ3) is 6.34. The van der Waals surface area contributed by atoms with Crippen LogP contribution >= 0.6 is 0 Å². The summed E-state index contributed by atoms with van der Waals surface area (Å²) in [5.74, 6) is 0.0858. The van der Waals surface area contributed by atoms with Gasteiger partial charge in [0, 0.05) is 49.4 Å². The Morgan fingerprint density at radius 2 is 1.94 bits per heavy atom. The van der Waals surface area contributed by atoms with E-state index in [1.165, 1.54) is 18.3 Å². The molecule has 182 valence electrons. The van der Waals surface area contributed by atoms with Crippen LogP contribution < -0.4 is 16.4 Å². The first-order valence-corrected chi connectivity index (χ1v) is 11.3. The summed E-state index contributed by atoms with van der Waals surface area (Å²) in [4.78, 5) is 31.5. The summed E-state index contributed by atoms with van der Waals surface area (Å²) in [5.41, 5.74) is 8.30. The molecule has 0 aliphatic carbocycles. The summed E-state index contributed by atoms with van der Waals surface area (Å²) in [6, 6.07) is 7.60. The molecule has 1 saturated heterocycles. The molecule has 3 aromatic rings. The lowest BCUT2D eigenvalue weighted by Gasteiger charge is -2.25. The van der Waals surface area contributed by atoms with Crippen LogP contribution in [0.1, 0.15) is 12.7 Å². The van der Waals surface area contributed by atoms with Gasteiger partial charge in [0.05, 0.1) is 25.4 Å². The predicted molar refractivity (Wildman–Crippen MR) is 130 cm³/mol. The molecule has 0 saturated carbocycles. The van der Waals surface area contributed by atoms with Crippen LogP contribution in [-0.2, 0) is 11.3 Å². The number of hydrogen-bond acceptors (Lipinski definition) is 7. The van der Waals surface area contributed by atoms with Gasteiger partial charge in [-0.25, -0.2) is 24.1 Å². The number of morpholine rings is 1. The fourth-order valence-electron chi connectivity index (χ4n) is 3.61. The van der Waals surface area contributed by atoms with Crippen LogP contribution in [0.5, 0.6) is 0 Å². The van der Waals surface area contributed by atoms with Crippen molar-refractivity contribution in [1.82, 2.24) is 30.5 Å². The topological polar surface area (TPSA) is 131 Å². The number of urea groups is 1. The molecule has 4 rings (SSSR count). The molecule has 0 unspecified atom stereocenters. The van der Waals surface area contributed by atoms with Gasteiger partial charge in [-0.15, -0.1) is 0 Å². The highest BCUT2D eigenvalue weighted by Crippen LogP contribution is 2.34. The van der Waals surface area contributed by atoms with E-state index in [2.05, 4.69) is 35.5 Å². The maximum Gasteiger partial charge on any atom is 0.321 e. The number of nitrogens with zero attached hydrogens (tertiary/aromatic N) is 5. The largest absolute Gasteiger partial charge is 0.379 e. The molecule has 0 spiro atoms. The predicted octanol–water partition coefficient (Wildman–Crippen LogP) is 2.44. The van der Waals surface area contributed by atoms with Gasteiger partial charge in [0.1, 0.15) is 17.3 Å². The van der Waals surface area contributed by atoms with Crippen molar-refractivity contribution in [2.24, 2.45) is 10.7 Å². The van der Waals surface area contributed by atoms with Gasteiger partial charge in [-0.05, 0) is 36.8 Å². The Labute approximate surface area is 202 Å². The second kappa shape index (κ2) is 11.4. The number of nitrogens with two attached hydrogens (primary N) is 1. The molecule has 4 N–H and O–H groups in total. The zero-order valence-corrected chi connectivity index (χ0v) is 19.4. The van der Waals surface area contributed by atoms with Crippen molar-refractivity contribution in [3.63, 3.8) is 0 Å². The second-order valence-electron chi connectivity index (χ2n) is 7.82. The first kappa shape index (κ1) is 24.2. The van der Waals surface area contributed by atoms with E-state index in [-0.39, 0.29) is 11.7 Å². The fraction of sp³-hybridized carbons (Fsp3) is 0.292. The maximum atomic E-state index is 14.7. The van der Waals surface area contributed by atoms with Crippen LogP contribution in [-0.4, -0.2) is 64.7 Å². The van der Waals surface area contributed by atoms with E-state index in [1.807, 2.05) is 6.07 Å². The SMILES string of the molecule is CCNC(=O)NC(N)=Nc1ccc(-c2cnc(CN3CCOCC3)nc2)cc1-c1ncccc1F.